The molecule has 9 nitrogen and oxygen atoms in total. The van der Waals surface area contributed by atoms with Gasteiger partial charge in [0.05, 0.1) is 17.9 Å². The van der Waals surface area contributed by atoms with Crippen molar-refractivity contribution >= 4 is 5.91 Å². The van der Waals surface area contributed by atoms with Gasteiger partial charge in [-0.05, 0) is 45.4 Å². The minimum atomic E-state index is -0.152. The Labute approximate surface area is 163 Å². The minimum Gasteiger partial charge on any atom is -0.337 e. The molecule has 0 radical (unpaired) electrons. The number of aromatic nitrogens is 5. The molecule has 2 aromatic rings. The number of piperidine rings is 1. The summed E-state index contributed by atoms with van der Waals surface area (Å²) in [5.41, 5.74) is 6.95. The molecule has 150 valence electrons. The Morgan fingerprint density at radius 3 is 2.79 bits per heavy atom. The molecule has 0 unspecified atom stereocenters. The Morgan fingerprint density at radius 1 is 1.25 bits per heavy atom. The van der Waals surface area contributed by atoms with E-state index in [0.717, 1.165) is 44.2 Å². The van der Waals surface area contributed by atoms with Gasteiger partial charge in [0.25, 0.3) is 11.5 Å². The number of hydrogen-bond donors (Lipinski definition) is 2. The van der Waals surface area contributed by atoms with Gasteiger partial charge in [0.1, 0.15) is 5.82 Å². The van der Waals surface area contributed by atoms with E-state index in [4.69, 9.17) is 5.73 Å². The van der Waals surface area contributed by atoms with Crippen LogP contribution in [0.1, 0.15) is 72.5 Å². The summed E-state index contributed by atoms with van der Waals surface area (Å²) in [4.78, 5) is 33.7. The third kappa shape index (κ3) is 3.99. The third-order valence-electron chi connectivity index (χ3n) is 5.85. The van der Waals surface area contributed by atoms with E-state index in [1.54, 1.807) is 18.0 Å². The first-order valence-electron chi connectivity index (χ1n) is 10.0. The van der Waals surface area contributed by atoms with E-state index in [-0.39, 0.29) is 29.5 Å². The number of likely N-dealkylation sites (tertiary alicyclic amines) is 1. The Balaban J connectivity index is 1.45. The molecule has 4 rings (SSSR count). The van der Waals surface area contributed by atoms with Gasteiger partial charge in [-0.25, -0.2) is 9.67 Å². The van der Waals surface area contributed by atoms with Crippen LogP contribution in [0.15, 0.2) is 17.1 Å². The molecule has 3 N–H and O–H groups in total. The van der Waals surface area contributed by atoms with Crippen molar-refractivity contribution in [2.75, 3.05) is 13.1 Å². The van der Waals surface area contributed by atoms with E-state index in [0.29, 0.717) is 24.6 Å². The number of aromatic amines is 1. The number of H-pyrrole nitrogens is 1. The predicted molar refractivity (Wildman–Crippen MR) is 103 cm³/mol. The first kappa shape index (κ1) is 18.8. The number of nitrogens with one attached hydrogen (secondary N) is 1. The topological polar surface area (TPSA) is 123 Å². The Hall–Kier alpha value is -2.55. The van der Waals surface area contributed by atoms with Crippen molar-refractivity contribution in [3.63, 3.8) is 0 Å². The second-order valence-corrected chi connectivity index (χ2v) is 8.00. The number of carbonyl (C=O) groups excluding carboxylic acids is 1. The molecule has 2 aliphatic rings. The number of nitrogens with zero attached hydrogens (tertiary/aromatic N) is 5. The smallest absolute Gasteiger partial charge is 0.276 e. The summed E-state index contributed by atoms with van der Waals surface area (Å²) < 4.78 is 1.82. The van der Waals surface area contributed by atoms with Crippen LogP contribution < -0.4 is 11.3 Å². The summed E-state index contributed by atoms with van der Waals surface area (Å²) in [6.45, 7) is 3.00. The Kier molecular flexibility index (Phi) is 5.25. The Bertz CT molecular complexity index is 898. The number of amides is 1. The number of rotatable bonds is 3. The fourth-order valence-electron chi connectivity index (χ4n) is 4.30. The highest BCUT2D eigenvalue weighted by Crippen LogP contribution is 2.28. The van der Waals surface area contributed by atoms with E-state index >= 15 is 0 Å². The number of nitrogens with two attached hydrogens (primary N) is 1. The van der Waals surface area contributed by atoms with Gasteiger partial charge < -0.3 is 15.6 Å². The van der Waals surface area contributed by atoms with Crippen molar-refractivity contribution < 1.29 is 4.79 Å². The molecule has 1 saturated heterocycles. The van der Waals surface area contributed by atoms with Gasteiger partial charge in [-0.3, -0.25) is 9.59 Å². The normalized spacial score (nSPS) is 25.6. The van der Waals surface area contributed by atoms with E-state index < -0.39 is 0 Å². The van der Waals surface area contributed by atoms with E-state index in [9.17, 15) is 9.59 Å². The van der Waals surface area contributed by atoms with Crippen LogP contribution in [0.3, 0.4) is 0 Å². The van der Waals surface area contributed by atoms with Gasteiger partial charge in [-0.15, -0.1) is 5.10 Å². The van der Waals surface area contributed by atoms with Crippen LogP contribution in [0, 0.1) is 6.92 Å². The van der Waals surface area contributed by atoms with Crippen molar-refractivity contribution in [3.05, 3.63) is 39.8 Å². The zero-order chi connectivity index (χ0) is 19.7. The highest BCUT2D eigenvalue weighted by atomic mass is 16.2. The summed E-state index contributed by atoms with van der Waals surface area (Å²) in [5, 5.41) is 8.33. The molecule has 1 amide bonds. The monoisotopic (exact) mass is 385 g/mol. The predicted octanol–water partition coefficient (Wildman–Crippen LogP) is 1.13. The fourth-order valence-corrected chi connectivity index (χ4v) is 4.30. The lowest BCUT2D eigenvalue weighted by atomic mass is 9.92. The summed E-state index contributed by atoms with van der Waals surface area (Å²) in [7, 11) is 0. The van der Waals surface area contributed by atoms with Crippen LogP contribution in [0.25, 0.3) is 0 Å². The molecule has 2 aromatic heterocycles. The SMILES string of the molecule is Cc1nc([C@H]2CCCN(C(=O)c3cn(C4CCC(N)CC4)nn3)C2)cc(=O)[nH]1. The number of aryl methyl sites for hydroxylation is 1. The Morgan fingerprint density at radius 2 is 2.04 bits per heavy atom. The highest BCUT2D eigenvalue weighted by Gasteiger charge is 2.29. The quantitative estimate of drug-likeness (QED) is 0.816. The zero-order valence-electron chi connectivity index (χ0n) is 16.2. The molecule has 28 heavy (non-hydrogen) atoms. The highest BCUT2D eigenvalue weighted by molar-refractivity contribution is 5.92. The third-order valence-corrected chi connectivity index (χ3v) is 5.85. The molecule has 1 aliphatic heterocycles. The van der Waals surface area contributed by atoms with Crippen molar-refractivity contribution in [2.45, 2.75) is 63.5 Å². The van der Waals surface area contributed by atoms with Crippen molar-refractivity contribution in [2.24, 2.45) is 5.73 Å². The molecule has 1 saturated carbocycles. The zero-order valence-corrected chi connectivity index (χ0v) is 16.2. The average Bonchev–Trinajstić information content (AvgIpc) is 3.17. The first-order valence-corrected chi connectivity index (χ1v) is 10.0. The number of carbonyl (C=O) groups is 1. The van der Waals surface area contributed by atoms with Crippen LogP contribution >= 0.6 is 0 Å². The average molecular weight is 385 g/mol. The molecular weight excluding hydrogens is 358 g/mol. The molecule has 0 bridgehead atoms. The largest absolute Gasteiger partial charge is 0.337 e. The van der Waals surface area contributed by atoms with Crippen LogP contribution in [0.2, 0.25) is 0 Å². The molecule has 3 heterocycles. The number of hydrogen-bond acceptors (Lipinski definition) is 6. The van der Waals surface area contributed by atoms with Crippen LogP contribution in [0.5, 0.6) is 0 Å². The molecule has 2 fully saturated rings. The molecule has 0 aromatic carbocycles. The minimum absolute atomic E-state index is 0.0635. The van der Waals surface area contributed by atoms with Crippen LogP contribution in [-0.2, 0) is 0 Å². The lowest BCUT2D eigenvalue weighted by molar-refractivity contribution is 0.0699. The van der Waals surface area contributed by atoms with E-state index in [2.05, 4.69) is 20.3 Å². The molecule has 1 aliphatic carbocycles. The second kappa shape index (κ2) is 7.83. The van der Waals surface area contributed by atoms with Crippen LogP contribution in [0.4, 0.5) is 0 Å². The molecular formula is C19H27N7O2. The van der Waals surface area contributed by atoms with E-state index in [1.807, 2.05) is 4.68 Å². The van der Waals surface area contributed by atoms with Crippen molar-refractivity contribution in [3.8, 4) is 0 Å². The lowest BCUT2D eigenvalue weighted by Gasteiger charge is -2.32. The summed E-state index contributed by atoms with van der Waals surface area (Å²) in [5.74, 6) is 0.555. The summed E-state index contributed by atoms with van der Waals surface area (Å²) >= 11 is 0. The van der Waals surface area contributed by atoms with Gasteiger partial charge in [0.2, 0.25) is 0 Å². The maximum atomic E-state index is 13.0. The van der Waals surface area contributed by atoms with Gasteiger partial charge in [-0.2, -0.15) is 0 Å². The summed E-state index contributed by atoms with van der Waals surface area (Å²) in [6.07, 6.45) is 7.44. The van der Waals surface area contributed by atoms with E-state index in [1.165, 1.54) is 6.07 Å². The lowest BCUT2D eigenvalue weighted by Crippen LogP contribution is -2.39. The van der Waals surface area contributed by atoms with Gasteiger partial charge in [0.15, 0.2) is 5.69 Å². The first-order chi connectivity index (χ1) is 13.5. The standard InChI is InChI=1S/C19H27N7O2/c1-12-21-16(9-18(27)22-12)13-3-2-8-25(10-13)19(28)17-11-26(24-23-17)15-6-4-14(20)5-7-15/h9,11,13-15H,2-8,10,20H2,1H3,(H,21,22,27)/t13-,14?,15?/m0/s1. The molecule has 9 heteroatoms. The van der Waals surface area contributed by atoms with Gasteiger partial charge >= 0.3 is 0 Å². The van der Waals surface area contributed by atoms with Gasteiger partial charge in [0, 0.05) is 31.1 Å². The van der Waals surface area contributed by atoms with Crippen molar-refractivity contribution in [1.82, 2.24) is 29.9 Å². The molecule has 1 atom stereocenters. The maximum absolute atomic E-state index is 13.0. The summed E-state index contributed by atoms with van der Waals surface area (Å²) in [6, 6.07) is 2.08. The maximum Gasteiger partial charge on any atom is 0.276 e. The van der Waals surface area contributed by atoms with Gasteiger partial charge in [-0.1, -0.05) is 5.21 Å². The fraction of sp³-hybridized carbons (Fsp3) is 0.632. The molecule has 0 spiro atoms. The second-order valence-electron chi connectivity index (χ2n) is 8.00. The van der Waals surface area contributed by atoms with Crippen LogP contribution in [-0.4, -0.2) is 54.9 Å². The van der Waals surface area contributed by atoms with Crippen molar-refractivity contribution in [1.29, 1.82) is 0 Å².